The number of rotatable bonds is 2. The summed E-state index contributed by atoms with van der Waals surface area (Å²) in [7, 11) is 0. The minimum atomic E-state index is 0.509. The number of pyridine rings is 1. The Morgan fingerprint density at radius 1 is 1.15 bits per heavy atom. The summed E-state index contributed by atoms with van der Waals surface area (Å²) in [5, 5.41) is 5.11. The predicted octanol–water partition coefficient (Wildman–Crippen LogP) is 3.93. The summed E-state index contributed by atoms with van der Waals surface area (Å²) >= 11 is 9.52. The minimum Gasteiger partial charge on any atom is -0.384 e. The van der Waals surface area contributed by atoms with Crippen molar-refractivity contribution >= 4 is 33.3 Å². The van der Waals surface area contributed by atoms with Crippen molar-refractivity contribution in [3.8, 4) is 17.1 Å². The molecule has 0 unspecified atom stereocenters. The number of benzene rings is 1. The van der Waals surface area contributed by atoms with E-state index in [1.165, 1.54) is 0 Å². The lowest BCUT2D eigenvalue weighted by atomic mass is 10.1. The van der Waals surface area contributed by atoms with Crippen LogP contribution in [0.1, 0.15) is 0 Å². The first-order valence-corrected chi connectivity index (χ1v) is 7.04. The molecule has 1 aromatic carbocycles. The van der Waals surface area contributed by atoms with Crippen LogP contribution in [-0.4, -0.2) is 14.8 Å². The van der Waals surface area contributed by atoms with Crippen molar-refractivity contribution < 1.29 is 0 Å². The fraction of sp³-hybridized carbons (Fsp3) is 0. The number of hydrogen-bond acceptors (Lipinski definition) is 3. The third kappa shape index (κ3) is 2.42. The predicted molar refractivity (Wildman–Crippen MR) is 83.9 cm³/mol. The highest BCUT2D eigenvalue weighted by molar-refractivity contribution is 9.10. The molecule has 0 amide bonds. The van der Waals surface area contributed by atoms with Crippen molar-refractivity contribution in [2.75, 3.05) is 5.73 Å². The zero-order valence-corrected chi connectivity index (χ0v) is 12.6. The summed E-state index contributed by atoms with van der Waals surface area (Å²) in [6, 6.07) is 13.0. The van der Waals surface area contributed by atoms with Gasteiger partial charge in [-0.1, -0.05) is 29.8 Å². The van der Waals surface area contributed by atoms with Gasteiger partial charge in [0.2, 0.25) is 0 Å². The molecule has 0 radical (unpaired) electrons. The van der Waals surface area contributed by atoms with Gasteiger partial charge in [-0.2, -0.15) is 9.78 Å². The fourth-order valence-electron chi connectivity index (χ4n) is 1.87. The van der Waals surface area contributed by atoms with Gasteiger partial charge in [0.05, 0.1) is 10.7 Å². The summed E-state index contributed by atoms with van der Waals surface area (Å²) < 4.78 is 2.49. The van der Waals surface area contributed by atoms with Gasteiger partial charge in [-0.05, 0) is 34.1 Å². The minimum absolute atomic E-state index is 0.509. The Bertz CT molecular complexity index is 752. The Balaban J connectivity index is 2.08. The first-order valence-electron chi connectivity index (χ1n) is 5.87. The largest absolute Gasteiger partial charge is 0.384 e. The molecule has 2 heterocycles. The van der Waals surface area contributed by atoms with Gasteiger partial charge < -0.3 is 5.73 Å². The second-order valence-electron chi connectivity index (χ2n) is 4.18. The molecular weight excluding hydrogens is 340 g/mol. The number of nitrogens with two attached hydrogens (primary N) is 1. The first-order chi connectivity index (χ1) is 9.65. The van der Waals surface area contributed by atoms with Crippen molar-refractivity contribution in [3.63, 3.8) is 0 Å². The van der Waals surface area contributed by atoms with Gasteiger partial charge in [0.1, 0.15) is 5.82 Å². The van der Waals surface area contributed by atoms with Crippen LogP contribution in [0.25, 0.3) is 17.1 Å². The van der Waals surface area contributed by atoms with E-state index in [1.54, 1.807) is 16.9 Å². The van der Waals surface area contributed by atoms with Gasteiger partial charge >= 0.3 is 0 Å². The quantitative estimate of drug-likeness (QED) is 0.762. The van der Waals surface area contributed by atoms with Crippen LogP contribution in [0, 0.1) is 0 Å². The highest BCUT2D eigenvalue weighted by Gasteiger charge is 2.11. The van der Waals surface area contributed by atoms with E-state index < -0.39 is 0 Å². The smallest absolute Gasteiger partial charge is 0.155 e. The Kier molecular flexibility index (Phi) is 3.46. The normalized spacial score (nSPS) is 10.7. The molecule has 2 N–H and O–H groups in total. The number of hydrogen-bond donors (Lipinski definition) is 1. The molecule has 4 nitrogen and oxygen atoms in total. The van der Waals surface area contributed by atoms with Gasteiger partial charge in [0, 0.05) is 22.3 Å². The van der Waals surface area contributed by atoms with E-state index in [-0.39, 0.29) is 0 Å². The third-order valence-electron chi connectivity index (χ3n) is 2.82. The number of nitrogen functional groups attached to an aromatic ring is 1. The molecule has 0 spiro atoms. The summed E-state index contributed by atoms with van der Waals surface area (Å²) in [6.07, 6.45) is 1.70. The van der Waals surface area contributed by atoms with Gasteiger partial charge in [-0.15, -0.1) is 0 Å². The Hall–Kier alpha value is -1.85. The molecule has 0 aliphatic rings. The van der Waals surface area contributed by atoms with E-state index in [9.17, 15) is 0 Å². The first kappa shape index (κ1) is 13.1. The van der Waals surface area contributed by atoms with Crippen LogP contribution in [0.4, 0.5) is 5.82 Å². The Labute approximate surface area is 129 Å². The Morgan fingerprint density at radius 2 is 1.95 bits per heavy atom. The van der Waals surface area contributed by atoms with E-state index in [0.717, 1.165) is 15.7 Å². The van der Waals surface area contributed by atoms with Gasteiger partial charge in [0.25, 0.3) is 0 Å². The molecule has 0 aliphatic heterocycles. The molecule has 3 rings (SSSR count). The van der Waals surface area contributed by atoms with Crippen molar-refractivity contribution in [1.82, 2.24) is 14.8 Å². The summed E-state index contributed by atoms with van der Waals surface area (Å²) in [5.41, 5.74) is 7.57. The summed E-state index contributed by atoms with van der Waals surface area (Å²) in [6.45, 7) is 0. The lowest BCUT2D eigenvalue weighted by Gasteiger charge is -2.02. The number of halogens is 2. The van der Waals surface area contributed by atoms with Crippen LogP contribution in [0.3, 0.4) is 0 Å². The van der Waals surface area contributed by atoms with E-state index >= 15 is 0 Å². The highest BCUT2D eigenvalue weighted by atomic mass is 79.9. The van der Waals surface area contributed by atoms with Crippen LogP contribution in [0.5, 0.6) is 0 Å². The molecule has 0 atom stereocenters. The van der Waals surface area contributed by atoms with Crippen LogP contribution in [0.2, 0.25) is 5.02 Å². The Morgan fingerprint density at radius 3 is 2.65 bits per heavy atom. The topological polar surface area (TPSA) is 56.7 Å². The average Bonchev–Trinajstić information content (AvgIpc) is 2.82. The maximum absolute atomic E-state index is 6.18. The standard InChI is InChI=1S/C14H10BrClN4/c15-9-5-6-14(18-8-9)20-13(17)7-12(19-20)10-3-1-2-4-11(10)16/h1-8H,17H2. The lowest BCUT2D eigenvalue weighted by molar-refractivity contribution is 0.859. The van der Waals surface area contributed by atoms with E-state index in [0.29, 0.717) is 16.7 Å². The molecule has 0 saturated carbocycles. The maximum atomic E-state index is 6.18. The number of anilines is 1. The SMILES string of the molecule is Nc1cc(-c2ccccc2Cl)nn1-c1ccc(Br)cn1. The average molecular weight is 350 g/mol. The zero-order chi connectivity index (χ0) is 14.1. The second kappa shape index (κ2) is 5.26. The second-order valence-corrected chi connectivity index (χ2v) is 5.50. The van der Waals surface area contributed by atoms with Gasteiger partial charge in [0.15, 0.2) is 5.82 Å². The van der Waals surface area contributed by atoms with Crippen LogP contribution < -0.4 is 5.73 Å². The van der Waals surface area contributed by atoms with Gasteiger partial charge in [-0.25, -0.2) is 4.98 Å². The summed E-state index contributed by atoms with van der Waals surface area (Å²) in [4.78, 5) is 4.28. The van der Waals surface area contributed by atoms with Crippen molar-refractivity contribution in [1.29, 1.82) is 0 Å². The van der Waals surface area contributed by atoms with E-state index in [4.69, 9.17) is 17.3 Å². The molecule has 3 aromatic rings. The molecule has 0 aliphatic carbocycles. The highest BCUT2D eigenvalue weighted by Crippen LogP contribution is 2.28. The van der Waals surface area contributed by atoms with E-state index in [1.807, 2.05) is 36.4 Å². The number of nitrogens with zero attached hydrogens (tertiary/aromatic N) is 3. The van der Waals surface area contributed by atoms with Crippen molar-refractivity contribution in [2.24, 2.45) is 0 Å². The maximum Gasteiger partial charge on any atom is 0.155 e. The van der Waals surface area contributed by atoms with Gasteiger partial charge in [-0.3, -0.25) is 0 Å². The van der Waals surface area contributed by atoms with Crippen LogP contribution in [-0.2, 0) is 0 Å². The lowest BCUT2D eigenvalue weighted by Crippen LogP contribution is -2.03. The van der Waals surface area contributed by atoms with Crippen molar-refractivity contribution in [2.45, 2.75) is 0 Å². The van der Waals surface area contributed by atoms with E-state index in [2.05, 4.69) is 26.0 Å². The molecule has 20 heavy (non-hydrogen) atoms. The molecule has 100 valence electrons. The zero-order valence-electron chi connectivity index (χ0n) is 10.3. The molecular formula is C14H10BrClN4. The molecule has 6 heteroatoms. The molecule has 0 bridgehead atoms. The molecule has 0 fully saturated rings. The van der Waals surface area contributed by atoms with Crippen LogP contribution in [0.15, 0.2) is 53.1 Å². The van der Waals surface area contributed by atoms with Crippen molar-refractivity contribution in [3.05, 3.63) is 58.2 Å². The molecule has 2 aromatic heterocycles. The third-order valence-corrected chi connectivity index (χ3v) is 3.61. The molecule has 0 saturated heterocycles. The summed E-state index contributed by atoms with van der Waals surface area (Å²) in [5.74, 6) is 1.17. The monoisotopic (exact) mass is 348 g/mol. The number of aromatic nitrogens is 3. The fourth-order valence-corrected chi connectivity index (χ4v) is 2.34. The van der Waals surface area contributed by atoms with Crippen LogP contribution >= 0.6 is 27.5 Å².